The Labute approximate surface area is 148 Å². The summed E-state index contributed by atoms with van der Waals surface area (Å²) in [5.74, 6) is -2.34. The third kappa shape index (κ3) is 4.15. The zero-order valence-corrected chi connectivity index (χ0v) is 14.5. The summed E-state index contributed by atoms with van der Waals surface area (Å²) in [6.45, 7) is 4.91. The minimum atomic E-state index is -5.08. The predicted molar refractivity (Wildman–Crippen MR) is 85.2 cm³/mol. The lowest BCUT2D eigenvalue weighted by atomic mass is 9.82. The van der Waals surface area contributed by atoms with E-state index in [9.17, 15) is 18.0 Å². The van der Waals surface area contributed by atoms with E-state index in [-0.39, 0.29) is 23.3 Å². The topological polar surface area (TPSA) is 113 Å². The Balaban J connectivity index is 0.000000298. The molecule has 1 aromatic heterocycles. The summed E-state index contributed by atoms with van der Waals surface area (Å²) in [6, 6.07) is -0.00372. The van der Waals surface area contributed by atoms with Gasteiger partial charge in [-0.2, -0.15) is 13.2 Å². The number of likely N-dealkylation sites (tertiary alicyclic amines) is 1. The van der Waals surface area contributed by atoms with Gasteiger partial charge in [0.1, 0.15) is 0 Å². The van der Waals surface area contributed by atoms with Crippen LogP contribution in [0.15, 0.2) is 12.5 Å². The number of aromatic nitrogens is 2. The number of halogens is 3. The summed E-state index contributed by atoms with van der Waals surface area (Å²) in [7, 11) is 1.97. The van der Waals surface area contributed by atoms with Crippen LogP contribution in [-0.2, 0) is 16.6 Å². The van der Waals surface area contributed by atoms with Crippen molar-refractivity contribution >= 4 is 11.9 Å². The predicted octanol–water partition coefficient (Wildman–Crippen LogP) is -0.0840. The van der Waals surface area contributed by atoms with Crippen LogP contribution in [0.1, 0.15) is 18.5 Å². The van der Waals surface area contributed by atoms with E-state index < -0.39 is 12.1 Å². The second-order valence-corrected chi connectivity index (χ2v) is 6.88. The molecule has 0 bridgehead atoms. The Morgan fingerprint density at radius 3 is 2.35 bits per heavy atom. The maximum atomic E-state index is 12.5. The number of carbonyl (C=O) groups excluding carboxylic acids is 1. The molecule has 2 aliphatic rings. The van der Waals surface area contributed by atoms with Crippen molar-refractivity contribution in [1.29, 1.82) is 0 Å². The number of amides is 1. The maximum Gasteiger partial charge on any atom is 0.490 e. The Morgan fingerprint density at radius 2 is 1.96 bits per heavy atom. The molecule has 26 heavy (non-hydrogen) atoms. The number of imidazole rings is 1. The fourth-order valence-corrected chi connectivity index (χ4v) is 3.07. The van der Waals surface area contributed by atoms with Crippen molar-refractivity contribution in [2.45, 2.75) is 25.1 Å². The van der Waals surface area contributed by atoms with Crippen molar-refractivity contribution in [2.24, 2.45) is 18.2 Å². The highest BCUT2D eigenvalue weighted by Gasteiger charge is 2.45. The van der Waals surface area contributed by atoms with Crippen LogP contribution in [0.25, 0.3) is 0 Å². The van der Waals surface area contributed by atoms with Crippen LogP contribution in [0, 0.1) is 5.41 Å². The molecule has 146 valence electrons. The lowest BCUT2D eigenvalue weighted by Crippen LogP contribution is -2.60. The largest absolute Gasteiger partial charge is 0.490 e. The van der Waals surface area contributed by atoms with Crippen molar-refractivity contribution in [3.63, 3.8) is 0 Å². The lowest BCUT2D eigenvalue weighted by Gasteiger charge is -2.40. The summed E-state index contributed by atoms with van der Waals surface area (Å²) >= 11 is 0. The number of hydrogen-bond acceptors (Lipinski definition) is 5. The summed E-state index contributed by atoms with van der Waals surface area (Å²) in [4.78, 5) is 27.5. The zero-order chi connectivity index (χ0) is 19.7. The van der Waals surface area contributed by atoms with E-state index in [2.05, 4.69) is 10.3 Å². The van der Waals surface area contributed by atoms with Gasteiger partial charge in [-0.05, 0) is 6.92 Å². The standard InChI is InChI=1S/C13H21N5O.C2HF3O2/c1-13(6-16-7-13)12(19)18-4-9(10(14)5-18)11-3-15-8-17(11)2;3-2(4,5)1(6)7/h3,8-10,16H,4-7,14H2,1-2H3;(H,6,7)/t9-,10-;/m1./s1. The molecular weight excluding hydrogens is 355 g/mol. The molecule has 0 aromatic carbocycles. The number of carboxylic acids is 1. The smallest absolute Gasteiger partial charge is 0.475 e. The summed E-state index contributed by atoms with van der Waals surface area (Å²) in [5.41, 5.74) is 7.10. The average Bonchev–Trinajstić information content (AvgIpc) is 3.09. The van der Waals surface area contributed by atoms with Crippen molar-refractivity contribution in [2.75, 3.05) is 26.2 Å². The number of aliphatic carboxylic acids is 1. The molecule has 2 aliphatic heterocycles. The van der Waals surface area contributed by atoms with Crippen LogP contribution < -0.4 is 11.1 Å². The third-order valence-corrected chi connectivity index (χ3v) is 4.68. The van der Waals surface area contributed by atoms with Gasteiger partial charge in [0.05, 0.1) is 11.7 Å². The zero-order valence-electron chi connectivity index (χ0n) is 14.5. The first kappa shape index (κ1) is 20.2. The summed E-state index contributed by atoms with van der Waals surface area (Å²) in [6.07, 6.45) is -1.45. The number of alkyl halides is 3. The fourth-order valence-electron chi connectivity index (χ4n) is 3.07. The van der Waals surface area contributed by atoms with Gasteiger partial charge in [0.25, 0.3) is 0 Å². The molecule has 4 N–H and O–H groups in total. The van der Waals surface area contributed by atoms with Gasteiger partial charge < -0.3 is 25.6 Å². The molecule has 2 saturated heterocycles. The molecule has 1 aromatic rings. The van der Waals surface area contributed by atoms with Gasteiger partial charge in [0, 0.05) is 57.1 Å². The van der Waals surface area contributed by atoms with Crippen LogP contribution >= 0.6 is 0 Å². The molecule has 1 amide bonds. The number of hydrogen-bond donors (Lipinski definition) is 3. The fraction of sp³-hybridized carbons (Fsp3) is 0.667. The highest BCUT2D eigenvalue weighted by Crippen LogP contribution is 2.31. The molecule has 2 atom stereocenters. The molecule has 0 spiro atoms. The van der Waals surface area contributed by atoms with E-state index in [1.165, 1.54) is 0 Å². The van der Waals surface area contributed by atoms with Crippen LogP contribution in [0.3, 0.4) is 0 Å². The quantitative estimate of drug-likeness (QED) is 0.664. The average molecular weight is 377 g/mol. The molecule has 0 aliphatic carbocycles. The molecule has 0 radical (unpaired) electrons. The van der Waals surface area contributed by atoms with E-state index >= 15 is 0 Å². The first-order valence-electron chi connectivity index (χ1n) is 7.98. The van der Waals surface area contributed by atoms with E-state index in [4.69, 9.17) is 15.6 Å². The monoisotopic (exact) mass is 377 g/mol. The molecule has 0 unspecified atom stereocenters. The van der Waals surface area contributed by atoms with Crippen molar-refractivity contribution in [3.05, 3.63) is 18.2 Å². The lowest BCUT2D eigenvalue weighted by molar-refractivity contribution is -0.192. The molecule has 11 heteroatoms. The molecular formula is C15H22F3N5O3. The van der Waals surface area contributed by atoms with Crippen LogP contribution in [0.5, 0.6) is 0 Å². The minimum Gasteiger partial charge on any atom is -0.475 e. The minimum absolute atomic E-state index is 0.00372. The number of nitrogens with one attached hydrogen (secondary N) is 1. The number of aryl methyl sites for hydroxylation is 1. The number of rotatable bonds is 2. The molecule has 8 nitrogen and oxygen atoms in total. The van der Waals surface area contributed by atoms with Gasteiger partial charge >= 0.3 is 12.1 Å². The number of nitrogens with two attached hydrogens (primary N) is 1. The second-order valence-electron chi connectivity index (χ2n) is 6.88. The maximum absolute atomic E-state index is 12.5. The normalized spacial score (nSPS) is 24.5. The Hall–Kier alpha value is -2.14. The van der Waals surface area contributed by atoms with Gasteiger partial charge in [-0.1, -0.05) is 0 Å². The van der Waals surface area contributed by atoms with Gasteiger partial charge in [0.2, 0.25) is 5.91 Å². The SMILES string of the molecule is Cn1cncc1[C@@H]1CN(C(=O)C2(C)CNC2)C[C@H]1N.O=C(O)C(F)(F)F. The van der Waals surface area contributed by atoms with E-state index in [0.717, 1.165) is 18.8 Å². The number of carboxylic acid groups (broad SMARTS) is 1. The molecule has 0 saturated carbocycles. The first-order chi connectivity index (χ1) is 12.0. The van der Waals surface area contributed by atoms with E-state index in [1.807, 2.05) is 29.6 Å². The summed E-state index contributed by atoms with van der Waals surface area (Å²) < 4.78 is 33.7. The number of carbonyl (C=O) groups is 2. The third-order valence-electron chi connectivity index (χ3n) is 4.68. The van der Waals surface area contributed by atoms with Crippen molar-refractivity contribution in [3.8, 4) is 0 Å². The van der Waals surface area contributed by atoms with E-state index in [1.54, 1.807) is 6.33 Å². The van der Waals surface area contributed by atoms with Gasteiger partial charge in [-0.25, -0.2) is 9.78 Å². The van der Waals surface area contributed by atoms with Crippen molar-refractivity contribution < 1.29 is 27.9 Å². The van der Waals surface area contributed by atoms with Crippen LogP contribution in [0.4, 0.5) is 13.2 Å². The van der Waals surface area contributed by atoms with Crippen LogP contribution in [-0.4, -0.2) is 69.8 Å². The Kier molecular flexibility index (Phi) is 5.61. The first-order valence-corrected chi connectivity index (χ1v) is 7.98. The summed E-state index contributed by atoms with van der Waals surface area (Å²) in [5, 5.41) is 10.3. The van der Waals surface area contributed by atoms with Crippen LogP contribution in [0.2, 0.25) is 0 Å². The second kappa shape index (κ2) is 7.23. The number of nitrogens with zero attached hydrogens (tertiary/aromatic N) is 3. The Morgan fingerprint density at radius 1 is 1.38 bits per heavy atom. The highest BCUT2D eigenvalue weighted by atomic mass is 19.4. The molecule has 3 rings (SSSR count). The van der Waals surface area contributed by atoms with Gasteiger partial charge in [-0.3, -0.25) is 4.79 Å². The highest BCUT2D eigenvalue weighted by molar-refractivity contribution is 5.84. The Bertz CT molecular complexity index is 672. The van der Waals surface area contributed by atoms with Gasteiger partial charge in [-0.15, -0.1) is 0 Å². The molecule has 2 fully saturated rings. The van der Waals surface area contributed by atoms with Crippen molar-refractivity contribution in [1.82, 2.24) is 19.8 Å². The van der Waals surface area contributed by atoms with Gasteiger partial charge in [0.15, 0.2) is 0 Å². The van der Waals surface area contributed by atoms with E-state index in [0.29, 0.717) is 13.1 Å². The molecule has 3 heterocycles.